The lowest BCUT2D eigenvalue weighted by molar-refractivity contribution is -0.136. The molecule has 0 aliphatic rings. The number of para-hydroxylation sites is 1. The van der Waals surface area contributed by atoms with Crippen LogP contribution in [0.3, 0.4) is 0 Å². The van der Waals surface area contributed by atoms with Crippen molar-refractivity contribution in [1.82, 2.24) is 19.9 Å². The van der Waals surface area contributed by atoms with Crippen molar-refractivity contribution in [2.75, 3.05) is 13.6 Å². The number of imidazole rings is 1. The Morgan fingerprint density at radius 3 is 2.76 bits per heavy atom. The minimum absolute atomic E-state index is 0.0513. The van der Waals surface area contributed by atoms with Gasteiger partial charge in [-0.3, -0.25) is 4.79 Å². The summed E-state index contributed by atoms with van der Waals surface area (Å²) in [6, 6.07) is 7.55. The number of ether oxygens (including phenoxy) is 1. The van der Waals surface area contributed by atoms with E-state index in [2.05, 4.69) is 29.1 Å². The van der Waals surface area contributed by atoms with Gasteiger partial charge in [-0.15, -0.1) is 0 Å². The standard InChI is InChI=1S/C18H20N4O3/c1-11(2)9-22-10-20-15-16(18(24)25-14(23)8-19-3)21-13-7-5-4-6-12(13)17(15)22/h4-7,10-11,19H,8-9H2,1-3H3. The third-order valence-electron chi connectivity index (χ3n) is 3.74. The SMILES string of the molecule is CNCC(=O)OC(=O)c1nc2ccccc2c2c1ncn2CC(C)C. The third-order valence-corrected chi connectivity index (χ3v) is 3.74. The summed E-state index contributed by atoms with van der Waals surface area (Å²) in [6.07, 6.45) is 1.70. The summed E-state index contributed by atoms with van der Waals surface area (Å²) < 4.78 is 6.88. The number of carbonyl (C=O) groups excluding carboxylic acids is 2. The zero-order valence-electron chi connectivity index (χ0n) is 14.4. The lowest BCUT2D eigenvalue weighted by atomic mass is 10.1. The highest BCUT2D eigenvalue weighted by molar-refractivity contribution is 6.12. The highest BCUT2D eigenvalue weighted by Crippen LogP contribution is 2.26. The molecule has 2 aromatic heterocycles. The number of nitrogens with zero attached hydrogens (tertiary/aromatic N) is 3. The smallest absolute Gasteiger partial charge is 0.366 e. The quantitative estimate of drug-likeness (QED) is 0.566. The Bertz CT molecular complexity index is 946. The molecule has 0 aliphatic heterocycles. The maximum Gasteiger partial charge on any atom is 0.366 e. The number of carbonyl (C=O) groups is 2. The highest BCUT2D eigenvalue weighted by atomic mass is 16.6. The average molecular weight is 340 g/mol. The summed E-state index contributed by atoms with van der Waals surface area (Å²) in [5.74, 6) is -1.03. The predicted molar refractivity (Wildman–Crippen MR) is 94.2 cm³/mol. The zero-order chi connectivity index (χ0) is 18.0. The van der Waals surface area contributed by atoms with Gasteiger partial charge in [0.1, 0.15) is 5.52 Å². The first-order valence-corrected chi connectivity index (χ1v) is 8.14. The number of rotatable bonds is 5. The fraction of sp³-hybridized carbons (Fsp3) is 0.333. The van der Waals surface area contributed by atoms with Crippen molar-refractivity contribution in [1.29, 1.82) is 0 Å². The number of esters is 2. The third kappa shape index (κ3) is 3.36. The number of pyridine rings is 1. The normalized spacial score (nSPS) is 11.4. The van der Waals surface area contributed by atoms with Gasteiger partial charge in [-0.25, -0.2) is 14.8 Å². The summed E-state index contributed by atoms with van der Waals surface area (Å²) >= 11 is 0. The van der Waals surface area contributed by atoms with E-state index in [0.717, 1.165) is 17.4 Å². The van der Waals surface area contributed by atoms with E-state index in [1.54, 1.807) is 13.4 Å². The second-order valence-corrected chi connectivity index (χ2v) is 6.26. The van der Waals surface area contributed by atoms with Crippen molar-refractivity contribution in [3.8, 4) is 0 Å². The molecular formula is C18H20N4O3. The summed E-state index contributed by atoms with van der Waals surface area (Å²) in [5, 5.41) is 3.56. The molecule has 0 aliphatic carbocycles. The van der Waals surface area contributed by atoms with E-state index >= 15 is 0 Å². The Morgan fingerprint density at radius 2 is 2.04 bits per heavy atom. The van der Waals surface area contributed by atoms with Crippen LogP contribution in [0.15, 0.2) is 30.6 Å². The fourth-order valence-corrected chi connectivity index (χ4v) is 2.79. The van der Waals surface area contributed by atoms with Crippen LogP contribution in [0.1, 0.15) is 24.3 Å². The predicted octanol–water partition coefficient (Wildman–Crippen LogP) is 2.14. The van der Waals surface area contributed by atoms with Crippen LogP contribution < -0.4 is 5.32 Å². The largest absolute Gasteiger partial charge is 0.387 e. The number of hydrogen-bond donors (Lipinski definition) is 1. The second kappa shape index (κ2) is 6.98. The van der Waals surface area contributed by atoms with Gasteiger partial charge in [0.05, 0.1) is 23.9 Å². The van der Waals surface area contributed by atoms with E-state index in [1.165, 1.54) is 0 Å². The molecule has 3 aromatic rings. The lowest BCUT2D eigenvalue weighted by Gasteiger charge is -2.10. The molecule has 0 atom stereocenters. The molecule has 0 radical (unpaired) electrons. The van der Waals surface area contributed by atoms with Gasteiger partial charge in [0, 0.05) is 11.9 Å². The van der Waals surface area contributed by atoms with E-state index in [1.807, 2.05) is 28.8 Å². The van der Waals surface area contributed by atoms with E-state index in [0.29, 0.717) is 17.0 Å². The van der Waals surface area contributed by atoms with Crippen molar-refractivity contribution in [2.45, 2.75) is 20.4 Å². The van der Waals surface area contributed by atoms with Gasteiger partial charge in [0.25, 0.3) is 0 Å². The molecule has 7 heteroatoms. The minimum atomic E-state index is -0.786. The van der Waals surface area contributed by atoms with E-state index < -0.39 is 11.9 Å². The maximum absolute atomic E-state index is 12.4. The van der Waals surface area contributed by atoms with E-state index in [9.17, 15) is 9.59 Å². The van der Waals surface area contributed by atoms with Crippen molar-refractivity contribution in [3.05, 3.63) is 36.3 Å². The number of fused-ring (bicyclic) bond motifs is 3. The van der Waals surface area contributed by atoms with Crippen LogP contribution in [-0.2, 0) is 16.1 Å². The van der Waals surface area contributed by atoms with Crippen molar-refractivity contribution >= 4 is 33.9 Å². The molecule has 0 unspecified atom stereocenters. The van der Waals surface area contributed by atoms with Crippen LogP contribution in [-0.4, -0.2) is 40.1 Å². The summed E-state index contributed by atoms with van der Waals surface area (Å²) in [5.41, 5.74) is 1.99. The first-order valence-electron chi connectivity index (χ1n) is 8.14. The number of benzene rings is 1. The van der Waals surface area contributed by atoms with Crippen LogP contribution in [0.5, 0.6) is 0 Å². The first kappa shape index (κ1) is 17.0. The molecule has 0 amide bonds. The molecule has 3 rings (SSSR count). The molecule has 0 fully saturated rings. The Labute approximate surface area is 145 Å². The van der Waals surface area contributed by atoms with Crippen LogP contribution in [0, 0.1) is 5.92 Å². The summed E-state index contributed by atoms with van der Waals surface area (Å²) in [6.45, 7) is 4.93. The van der Waals surface area contributed by atoms with Crippen LogP contribution >= 0.6 is 0 Å². The van der Waals surface area contributed by atoms with Gasteiger partial charge in [0.15, 0.2) is 5.69 Å². The summed E-state index contributed by atoms with van der Waals surface area (Å²) in [4.78, 5) is 32.8. The van der Waals surface area contributed by atoms with Gasteiger partial charge in [0.2, 0.25) is 0 Å². The zero-order valence-corrected chi connectivity index (χ0v) is 14.4. The van der Waals surface area contributed by atoms with Crippen molar-refractivity contribution < 1.29 is 14.3 Å². The number of nitrogens with one attached hydrogen (secondary N) is 1. The molecule has 1 N–H and O–H groups in total. The molecule has 130 valence electrons. The van der Waals surface area contributed by atoms with Crippen molar-refractivity contribution in [2.24, 2.45) is 5.92 Å². The molecule has 1 aromatic carbocycles. The molecule has 2 heterocycles. The molecular weight excluding hydrogens is 320 g/mol. The highest BCUT2D eigenvalue weighted by Gasteiger charge is 2.22. The molecule has 0 saturated heterocycles. The number of likely N-dealkylation sites (N-methyl/N-ethyl adjacent to an activating group) is 1. The average Bonchev–Trinajstić information content (AvgIpc) is 2.97. The van der Waals surface area contributed by atoms with E-state index in [4.69, 9.17) is 4.74 Å². The molecule has 25 heavy (non-hydrogen) atoms. The van der Waals surface area contributed by atoms with Crippen LogP contribution in [0.2, 0.25) is 0 Å². The van der Waals surface area contributed by atoms with Gasteiger partial charge in [-0.2, -0.15) is 0 Å². The number of aromatic nitrogens is 3. The molecule has 7 nitrogen and oxygen atoms in total. The lowest BCUT2D eigenvalue weighted by Crippen LogP contribution is -2.24. The molecule has 0 spiro atoms. The first-order chi connectivity index (χ1) is 12.0. The van der Waals surface area contributed by atoms with Crippen molar-refractivity contribution in [3.63, 3.8) is 0 Å². The Balaban J connectivity index is 2.16. The van der Waals surface area contributed by atoms with Gasteiger partial charge < -0.3 is 14.6 Å². The van der Waals surface area contributed by atoms with Crippen LogP contribution in [0.4, 0.5) is 0 Å². The minimum Gasteiger partial charge on any atom is -0.387 e. The van der Waals surface area contributed by atoms with Gasteiger partial charge in [-0.05, 0) is 19.0 Å². The van der Waals surface area contributed by atoms with Gasteiger partial charge in [-0.1, -0.05) is 32.0 Å². The van der Waals surface area contributed by atoms with Gasteiger partial charge >= 0.3 is 11.9 Å². The fourth-order valence-electron chi connectivity index (χ4n) is 2.79. The Kier molecular flexibility index (Phi) is 4.76. The van der Waals surface area contributed by atoms with E-state index in [-0.39, 0.29) is 12.2 Å². The number of hydrogen-bond acceptors (Lipinski definition) is 6. The maximum atomic E-state index is 12.4. The Hall–Kier alpha value is -2.80. The Morgan fingerprint density at radius 1 is 1.28 bits per heavy atom. The van der Waals surface area contributed by atoms with Crippen LogP contribution in [0.25, 0.3) is 21.9 Å². The topological polar surface area (TPSA) is 86.1 Å². The monoisotopic (exact) mass is 340 g/mol. The molecule has 0 bridgehead atoms. The molecule has 0 saturated carbocycles. The second-order valence-electron chi connectivity index (χ2n) is 6.26. The summed E-state index contributed by atoms with van der Waals surface area (Å²) in [7, 11) is 1.60.